The SMILES string of the molecule is C=CC(=O)Nc1cc(Nc2cc(-c3ccc4c(cnn4C)c3)ncn2)c(OC)cc1N1CCN(C)[C@@H](S)C1. The molecular weight excluding hydrogens is 500 g/mol. The van der Waals surface area contributed by atoms with Gasteiger partial charge in [0.1, 0.15) is 17.9 Å². The highest BCUT2D eigenvalue weighted by Crippen LogP contribution is 2.39. The molecule has 2 aromatic heterocycles. The van der Waals surface area contributed by atoms with E-state index < -0.39 is 0 Å². The number of aromatic nitrogens is 4. The molecule has 0 radical (unpaired) electrons. The van der Waals surface area contributed by atoms with Crippen LogP contribution in [0.15, 0.2) is 61.6 Å². The Morgan fingerprint density at radius 3 is 2.76 bits per heavy atom. The van der Waals surface area contributed by atoms with E-state index >= 15 is 0 Å². The van der Waals surface area contributed by atoms with E-state index in [1.165, 1.54) is 12.4 Å². The summed E-state index contributed by atoms with van der Waals surface area (Å²) in [6, 6.07) is 11.7. The second-order valence-corrected chi connectivity index (χ2v) is 9.72. The monoisotopic (exact) mass is 530 g/mol. The predicted octanol–water partition coefficient (Wildman–Crippen LogP) is 3.91. The summed E-state index contributed by atoms with van der Waals surface area (Å²) in [5.41, 5.74) is 4.90. The zero-order valence-corrected chi connectivity index (χ0v) is 22.4. The Labute approximate surface area is 226 Å². The van der Waals surface area contributed by atoms with Gasteiger partial charge in [0, 0.05) is 49.8 Å². The number of nitrogens with one attached hydrogen (secondary N) is 2. The minimum absolute atomic E-state index is 0.0702. The molecule has 3 heterocycles. The molecule has 4 aromatic rings. The lowest BCUT2D eigenvalue weighted by Gasteiger charge is -2.39. The number of ether oxygens (including phenoxy) is 1. The maximum atomic E-state index is 12.3. The topological polar surface area (TPSA) is 100 Å². The number of methoxy groups -OCH3 is 1. The van der Waals surface area contributed by atoms with E-state index in [9.17, 15) is 4.79 Å². The molecule has 1 aliphatic heterocycles. The average Bonchev–Trinajstić information content (AvgIpc) is 3.30. The molecule has 2 N–H and O–H groups in total. The van der Waals surface area contributed by atoms with Crippen LogP contribution in [0.1, 0.15) is 0 Å². The van der Waals surface area contributed by atoms with Crippen molar-refractivity contribution in [1.82, 2.24) is 24.6 Å². The summed E-state index contributed by atoms with van der Waals surface area (Å²) in [6.07, 6.45) is 4.60. The quantitative estimate of drug-likeness (QED) is 0.244. The number of fused-ring (bicyclic) bond motifs is 1. The molecule has 1 atom stereocenters. The van der Waals surface area contributed by atoms with Crippen LogP contribution in [0.2, 0.25) is 0 Å². The van der Waals surface area contributed by atoms with Crippen LogP contribution in [0.5, 0.6) is 5.75 Å². The predicted molar refractivity (Wildman–Crippen MR) is 154 cm³/mol. The van der Waals surface area contributed by atoms with Gasteiger partial charge in [0.05, 0.1) is 47.0 Å². The van der Waals surface area contributed by atoms with Crippen LogP contribution in [0.25, 0.3) is 22.2 Å². The Balaban J connectivity index is 1.48. The Kier molecular flexibility index (Phi) is 7.21. The molecule has 1 aliphatic rings. The van der Waals surface area contributed by atoms with Gasteiger partial charge in [0.25, 0.3) is 0 Å². The molecular formula is C27H30N8O2S. The number of likely N-dealkylation sites (N-methyl/N-ethyl adjacent to an activating group) is 1. The molecule has 1 saturated heterocycles. The third-order valence-corrected chi connectivity index (χ3v) is 7.25. The molecule has 5 rings (SSSR count). The fourth-order valence-electron chi connectivity index (χ4n) is 4.50. The summed E-state index contributed by atoms with van der Waals surface area (Å²) in [7, 11) is 5.58. The molecule has 2 aromatic carbocycles. The number of rotatable bonds is 7. The summed E-state index contributed by atoms with van der Waals surface area (Å²) >= 11 is 4.70. The van der Waals surface area contributed by atoms with Gasteiger partial charge >= 0.3 is 0 Å². The van der Waals surface area contributed by atoms with E-state index in [2.05, 4.69) is 48.1 Å². The first-order chi connectivity index (χ1) is 18.4. The lowest BCUT2D eigenvalue weighted by Crippen LogP contribution is -2.49. The fraction of sp³-hybridized carbons (Fsp3) is 0.259. The highest BCUT2D eigenvalue weighted by Gasteiger charge is 2.25. The van der Waals surface area contributed by atoms with Crippen LogP contribution in [-0.4, -0.2) is 69.7 Å². The first kappa shape index (κ1) is 25.6. The summed E-state index contributed by atoms with van der Waals surface area (Å²) in [6.45, 7) is 5.93. The lowest BCUT2D eigenvalue weighted by molar-refractivity contribution is -0.111. The molecule has 11 heteroatoms. The van der Waals surface area contributed by atoms with Gasteiger partial charge in [-0.15, -0.1) is 0 Å². The zero-order valence-electron chi connectivity index (χ0n) is 21.5. The number of nitrogens with zero attached hydrogens (tertiary/aromatic N) is 6. The van der Waals surface area contributed by atoms with E-state index in [4.69, 9.17) is 17.4 Å². The average molecular weight is 531 g/mol. The summed E-state index contributed by atoms with van der Waals surface area (Å²) in [4.78, 5) is 25.6. The number of anilines is 4. The Morgan fingerprint density at radius 1 is 1.16 bits per heavy atom. The van der Waals surface area contributed by atoms with E-state index in [-0.39, 0.29) is 11.3 Å². The lowest BCUT2D eigenvalue weighted by atomic mass is 10.1. The van der Waals surface area contributed by atoms with Gasteiger partial charge in [-0.3, -0.25) is 14.4 Å². The Bertz CT molecular complexity index is 1500. The third-order valence-electron chi connectivity index (χ3n) is 6.69. The Morgan fingerprint density at radius 2 is 2.00 bits per heavy atom. The van der Waals surface area contributed by atoms with Gasteiger partial charge in [-0.05, 0) is 31.3 Å². The van der Waals surface area contributed by atoms with Crippen molar-refractivity contribution < 1.29 is 9.53 Å². The van der Waals surface area contributed by atoms with Crippen LogP contribution in [0.4, 0.5) is 22.9 Å². The standard InChI is InChI=1S/C27H30N8O2S/c1-5-26(36)32-20-11-21(24(37-4)13-23(20)35-9-8-33(2)27(38)15-35)31-25-12-19(28-16-29-25)17-6-7-22-18(10-17)14-30-34(22)3/h5-7,10-14,16,27,38H,1,8-9,15H2,2-4H3,(H,32,36)(H,28,29,31)/t27-/m0/s1. The third kappa shape index (κ3) is 5.15. The number of carbonyl (C=O) groups excluding carboxylic acids is 1. The number of thiol groups is 1. The van der Waals surface area contributed by atoms with Gasteiger partial charge in [-0.25, -0.2) is 9.97 Å². The first-order valence-electron chi connectivity index (χ1n) is 12.2. The summed E-state index contributed by atoms with van der Waals surface area (Å²) in [5.74, 6) is 0.903. The smallest absolute Gasteiger partial charge is 0.247 e. The zero-order chi connectivity index (χ0) is 26.8. The molecule has 10 nitrogen and oxygen atoms in total. The molecule has 0 spiro atoms. The van der Waals surface area contributed by atoms with Crippen molar-refractivity contribution in [3.05, 3.63) is 61.6 Å². The van der Waals surface area contributed by atoms with Gasteiger partial charge in [0.2, 0.25) is 5.91 Å². The van der Waals surface area contributed by atoms with E-state index in [0.717, 1.165) is 40.9 Å². The second kappa shape index (κ2) is 10.7. The van der Waals surface area contributed by atoms with E-state index in [1.807, 2.05) is 55.3 Å². The van der Waals surface area contributed by atoms with Crippen molar-refractivity contribution in [1.29, 1.82) is 0 Å². The minimum atomic E-state index is -0.297. The molecule has 0 saturated carbocycles. The van der Waals surface area contributed by atoms with Crippen molar-refractivity contribution in [3.63, 3.8) is 0 Å². The molecule has 0 unspecified atom stereocenters. The van der Waals surface area contributed by atoms with Crippen molar-refractivity contribution >= 4 is 52.3 Å². The molecule has 38 heavy (non-hydrogen) atoms. The highest BCUT2D eigenvalue weighted by molar-refractivity contribution is 7.80. The number of hydrogen-bond acceptors (Lipinski definition) is 9. The van der Waals surface area contributed by atoms with Crippen molar-refractivity contribution in [2.24, 2.45) is 7.05 Å². The normalized spacial score (nSPS) is 15.9. The summed E-state index contributed by atoms with van der Waals surface area (Å²) in [5, 5.41) is 11.7. The van der Waals surface area contributed by atoms with Crippen molar-refractivity contribution in [2.45, 2.75) is 5.37 Å². The number of piperazine rings is 1. The van der Waals surface area contributed by atoms with Crippen LogP contribution >= 0.6 is 12.6 Å². The molecule has 0 aliphatic carbocycles. The highest BCUT2D eigenvalue weighted by atomic mass is 32.1. The summed E-state index contributed by atoms with van der Waals surface area (Å²) < 4.78 is 7.58. The molecule has 0 bridgehead atoms. The molecule has 1 amide bonds. The Hall–Kier alpha value is -4.09. The van der Waals surface area contributed by atoms with Gasteiger partial charge in [-0.2, -0.15) is 17.7 Å². The van der Waals surface area contributed by atoms with Crippen LogP contribution in [-0.2, 0) is 11.8 Å². The number of amides is 1. The van der Waals surface area contributed by atoms with Gasteiger partial charge < -0.3 is 20.3 Å². The van der Waals surface area contributed by atoms with Gasteiger partial charge in [0.15, 0.2) is 0 Å². The second-order valence-electron chi connectivity index (χ2n) is 9.13. The molecule has 1 fully saturated rings. The van der Waals surface area contributed by atoms with Crippen LogP contribution in [0.3, 0.4) is 0 Å². The van der Waals surface area contributed by atoms with E-state index in [1.54, 1.807) is 7.11 Å². The minimum Gasteiger partial charge on any atom is -0.494 e. The maximum Gasteiger partial charge on any atom is 0.247 e. The van der Waals surface area contributed by atoms with Crippen molar-refractivity contribution in [3.8, 4) is 17.0 Å². The maximum absolute atomic E-state index is 12.3. The number of aryl methyl sites for hydroxylation is 1. The van der Waals surface area contributed by atoms with Crippen molar-refractivity contribution in [2.75, 3.05) is 49.3 Å². The fourth-order valence-corrected chi connectivity index (χ4v) is 4.81. The molecule has 196 valence electrons. The number of hydrogen-bond donors (Lipinski definition) is 3. The number of carbonyl (C=O) groups is 1. The van der Waals surface area contributed by atoms with Crippen LogP contribution in [0, 0.1) is 0 Å². The largest absolute Gasteiger partial charge is 0.494 e. The number of benzene rings is 2. The van der Waals surface area contributed by atoms with Gasteiger partial charge in [-0.1, -0.05) is 12.6 Å². The van der Waals surface area contributed by atoms with Crippen LogP contribution < -0.4 is 20.3 Å². The first-order valence-corrected chi connectivity index (χ1v) is 12.7. The van der Waals surface area contributed by atoms with E-state index in [0.29, 0.717) is 29.5 Å².